The Morgan fingerprint density at radius 3 is 2.79 bits per heavy atom. The Morgan fingerprint density at radius 2 is 2.04 bits per heavy atom. The highest BCUT2D eigenvalue weighted by molar-refractivity contribution is 9.10. The monoisotopic (exact) mass is 382 g/mol. The number of hydrogen-bond donors (Lipinski definition) is 2. The lowest BCUT2D eigenvalue weighted by Gasteiger charge is -2.16. The number of phenols is 1. The second-order valence-corrected chi connectivity index (χ2v) is 6.22. The first kappa shape index (κ1) is 16.5. The van der Waals surface area contributed by atoms with Gasteiger partial charge >= 0.3 is 0 Å². The predicted molar refractivity (Wildman–Crippen MR) is 93.9 cm³/mol. The molecule has 7 heteroatoms. The molecule has 0 bridgehead atoms. The maximum atomic E-state index is 12.4. The van der Waals surface area contributed by atoms with Crippen LogP contribution in [0.2, 0.25) is 0 Å². The number of aromatic nitrogens is 1. The third kappa shape index (κ3) is 3.12. The van der Waals surface area contributed by atoms with Gasteiger partial charge in [0.25, 0.3) is 0 Å². The Balaban J connectivity index is 1.70. The van der Waals surface area contributed by atoms with Crippen molar-refractivity contribution in [2.24, 2.45) is 0 Å². The predicted octanol–water partition coefficient (Wildman–Crippen LogP) is 1.44. The zero-order valence-corrected chi connectivity index (χ0v) is 14.1. The highest BCUT2D eigenvalue weighted by Gasteiger charge is 2.25. The quantitative estimate of drug-likeness (QED) is 0.782. The summed E-state index contributed by atoms with van der Waals surface area (Å²) < 4.78 is 0.514. The molecule has 1 aliphatic rings. The number of aromatic hydroxyl groups is 1. The van der Waals surface area contributed by atoms with Crippen molar-refractivity contribution in [1.82, 2.24) is 10.3 Å². The minimum Gasteiger partial charge on any atom is -0.507 e. The molecule has 0 fully saturated rings. The van der Waals surface area contributed by atoms with Crippen LogP contribution in [-0.4, -0.2) is 36.0 Å². The molecule has 5 nitrogen and oxygen atoms in total. The fourth-order valence-corrected chi connectivity index (χ4v) is 3.03. The van der Waals surface area contributed by atoms with E-state index >= 15 is 0 Å². The lowest BCUT2D eigenvalue weighted by Crippen LogP contribution is -2.28. The van der Waals surface area contributed by atoms with Gasteiger partial charge in [-0.25, -0.2) is 0 Å². The molecule has 1 aliphatic carbocycles. The molecule has 118 valence electrons. The summed E-state index contributed by atoms with van der Waals surface area (Å²) in [7, 11) is 5.71. The number of halogens is 1. The van der Waals surface area contributed by atoms with Gasteiger partial charge in [-0.15, -0.1) is 0 Å². The number of phenolic OH excluding ortho intramolecular Hbond substituents is 1. The Labute approximate surface area is 148 Å². The number of allylic oxidation sites excluding steroid dienone is 2. The van der Waals surface area contributed by atoms with E-state index in [-0.39, 0.29) is 28.5 Å². The van der Waals surface area contributed by atoms with Crippen molar-refractivity contribution in [3.63, 3.8) is 0 Å². The highest BCUT2D eigenvalue weighted by Crippen LogP contribution is 2.22. The van der Waals surface area contributed by atoms with Crippen molar-refractivity contribution < 1.29 is 14.7 Å². The second kappa shape index (κ2) is 6.61. The van der Waals surface area contributed by atoms with Crippen LogP contribution >= 0.6 is 15.9 Å². The van der Waals surface area contributed by atoms with Crippen molar-refractivity contribution >= 4 is 40.8 Å². The van der Waals surface area contributed by atoms with Crippen molar-refractivity contribution in [3.05, 3.63) is 63.5 Å². The summed E-state index contributed by atoms with van der Waals surface area (Å²) >= 11 is 3.23. The van der Waals surface area contributed by atoms with E-state index in [1.807, 2.05) is 0 Å². The zero-order chi connectivity index (χ0) is 17.3. The van der Waals surface area contributed by atoms with Gasteiger partial charge in [0.1, 0.15) is 13.6 Å². The summed E-state index contributed by atoms with van der Waals surface area (Å²) in [5, 5.41) is 12.6. The smallest absolute Gasteiger partial charge is 0.211 e. The van der Waals surface area contributed by atoms with Crippen LogP contribution in [0.5, 0.6) is 5.75 Å². The standard InChI is InChI=1S/C17H12BBrN2O3/c18-12-5-9(6-13(19)17(12)24)1-4-21-14-7-15(22)10-2-3-20-8-11(10)16(14)23/h2-3,5-8,21,24H,1,4H2. The molecule has 2 radical (unpaired) electrons. The average molecular weight is 383 g/mol. The van der Waals surface area contributed by atoms with Gasteiger partial charge in [0.15, 0.2) is 5.78 Å². The number of hydrogen-bond acceptors (Lipinski definition) is 5. The van der Waals surface area contributed by atoms with E-state index in [2.05, 4.69) is 26.2 Å². The van der Waals surface area contributed by atoms with E-state index in [9.17, 15) is 14.7 Å². The van der Waals surface area contributed by atoms with Crippen LogP contribution in [0.25, 0.3) is 0 Å². The second-order valence-electron chi connectivity index (χ2n) is 5.36. The van der Waals surface area contributed by atoms with Gasteiger partial charge in [-0.05, 0) is 40.0 Å². The summed E-state index contributed by atoms with van der Waals surface area (Å²) in [5.74, 6) is -0.457. The van der Waals surface area contributed by atoms with Crippen LogP contribution in [-0.2, 0) is 6.42 Å². The van der Waals surface area contributed by atoms with Gasteiger partial charge in [-0.3, -0.25) is 14.6 Å². The fourth-order valence-electron chi connectivity index (χ4n) is 2.51. The molecule has 2 N–H and O–H groups in total. The number of nitrogens with zero attached hydrogens (tertiary/aromatic N) is 1. The number of rotatable bonds is 4. The molecule has 0 saturated heterocycles. The van der Waals surface area contributed by atoms with Gasteiger partial charge in [-0.1, -0.05) is 11.5 Å². The highest BCUT2D eigenvalue weighted by atomic mass is 79.9. The molecular formula is C17H12BBrN2O3. The molecule has 0 aliphatic heterocycles. The minimum atomic E-state index is -0.246. The molecule has 3 rings (SSSR count). The maximum Gasteiger partial charge on any atom is 0.211 e. The molecule has 0 spiro atoms. The van der Waals surface area contributed by atoms with E-state index in [0.29, 0.717) is 28.6 Å². The van der Waals surface area contributed by atoms with Crippen LogP contribution in [0.15, 0.2) is 46.8 Å². The maximum absolute atomic E-state index is 12.4. The third-order valence-electron chi connectivity index (χ3n) is 3.73. The number of carbonyl (C=O) groups excluding carboxylic acids is 2. The van der Waals surface area contributed by atoms with Crippen molar-refractivity contribution in [3.8, 4) is 5.75 Å². The number of ketones is 2. The average Bonchev–Trinajstić information content (AvgIpc) is 2.57. The summed E-state index contributed by atoms with van der Waals surface area (Å²) in [6.07, 6.45) is 4.78. The van der Waals surface area contributed by atoms with Gasteiger partial charge in [0, 0.05) is 30.6 Å². The normalized spacial score (nSPS) is 13.5. The Morgan fingerprint density at radius 1 is 1.25 bits per heavy atom. The molecule has 0 amide bonds. The van der Waals surface area contributed by atoms with Crippen LogP contribution in [0, 0.1) is 0 Å². The summed E-state index contributed by atoms with van der Waals surface area (Å²) in [6.45, 7) is 0.442. The fraction of sp³-hybridized carbons (Fsp3) is 0.118. The van der Waals surface area contributed by atoms with E-state index in [1.165, 1.54) is 18.5 Å². The topological polar surface area (TPSA) is 79.3 Å². The molecule has 1 aromatic heterocycles. The molecular weight excluding hydrogens is 371 g/mol. The molecule has 0 atom stereocenters. The molecule has 2 aromatic rings. The summed E-state index contributed by atoms with van der Waals surface area (Å²) in [4.78, 5) is 28.3. The van der Waals surface area contributed by atoms with Gasteiger partial charge in [-0.2, -0.15) is 0 Å². The first-order valence-electron chi connectivity index (χ1n) is 7.23. The molecule has 0 unspecified atom stereocenters. The number of benzene rings is 1. The Bertz CT molecular complexity index is 857. The van der Waals surface area contributed by atoms with E-state index in [1.54, 1.807) is 18.2 Å². The third-order valence-corrected chi connectivity index (χ3v) is 4.34. The van der Waals surface area contributed by atoms with Crippen molar-refractivity contribution in [2.75, 3.05) is 6.54 Å². The number of carbonyl (C=O) groups is 2. The molecule has 1 aromatic carbocycles. The first-order valence-corrected chi connectivity index (χ1v) is 8.02. The molecule has 0 saturated carbocycles. The van der Waals surface area contributed by atoms with E-state index < -0.39 is 0 Å². The number of Topliss-reactive ketones (excluding diaryl/α,β-unsaturated/α-hetero) is 1. The number of nitrogens with one attached hydrogen (secondary N) is 1. The first-order chi connectivity index (χ1) is 11.5. The van der Waals surface area contributed by atoms with Gasteiger partial charge in [0.2, 0.25) is 5.78 Å². The number of pyridine rings is 1. The van der Waals surface area contributed by atoms with Crippen LogP contribution in [0.3, 0.4) is 0 Å². The number of fused-ring (bicyclic) bond motifs is 1. The minimum absolute atomic E-state index is 0.00609. The van der Waals surface area contributed by atoms with E-state index in [4.69, 9.17) is 7.85 Å². The Hall–Kier alpha value is -2.41. The zero-order valence-electron chi connectivity index (χ0n) is 12.5. The molecule has 1 heterocycles. The van der Waals surface area contributed by atoms with Gasteiger partial charge < -0.3 is 10.4 Å². The lowest BCUT2D eigenvalue weighted by atomic mass is 9.92. The van der Waals surface area contributed by atoms with Crippen molar-refractivity contribution in [1.29, 1.82) is 0 Å². The van der Waals surface area contributed by atoms with Gasteiger partial charge in [0.05, 0.1) is 15.7 Å². The molecule has 24 heavy (non-hydrogen) atoms. The summed E-state index contributed by atoms with van der Waals surface area (Å²) in [6, 6.07) is 4.97. The largest absolute Gasteiger partial charge is 0.507 e. The lowest BCUT2D eigenvalue weighted by molar-refractivity contribution is 0.0978. The van der Waals surface area contributed by atoms with Crippen LogP contribution < -0.4 is 10.8 Å². The van der Waals surface area contributed by atoms with Crippen molar-refractivity contribution in [2.45, 2.75) is 6.42 Å². The van der Waals surface area contributed by atoms with Crippen LogP contribution in [0.4, 0.5) is 0 Å². The van der Waals surface area contributed by atoms with E-state index in [0.717, 1.165) is 5.56 Å². The summed E-state index contributed by atoms with van der Waals surface area (Å²) in [5.41, 5.74) is 2.11. The Kier molecular flexibility index (Phi) is 4.53. The SMILES string of the molecule is [B]c1cc(CCNC2=CC(=O)c3ccncc3C2=O)cc(Br)c1O. The van der Waals surface area contributed by atoms with Crippen LogP contribution in [0.1, 0.15) is 26.3 Å².